The van der Waals surface area contributed by atoms with Crippen LogP contribution in [0.2, 0.25) is 0 Å². The molecule has 1 N–H and O–H groups in total. The molecule has 1 heterocycles. The maximum atomic E-state index is 12.6. The fourth-order valence-electron chi connectivity index (χ4n) is 3.49. The van der Waals surface area contributed by atoms with Gasteiger partial charge in [0.25, 0.3) is 0 Å². The first-order valence-electron chi connectivity index (χ1n) is 8.89. The van der Waals surface area contributed by atoms with Crippen LogP contribution in [-0.2, 0) is 9.53 Å². The van der Waals surface area contributed by atoms with Crippen molar-refractivity contribution < 1.29 is 19.1 Å². The van der Waals surface area contributed by atoms with Crippen molar-refractivity contribution in [3.63, 3.8) is 0 Å². The quantitative estimate of drug-likeness (QED) is 0.808. The van der Waals surface area contributed by atoms with Crippen molar-refractivity contribution >= 4 is 11.9 Å². The number of esters is 1. The van der Waals surface area contributed by atoms with E-state index in [9.17, 15) is 9.59 Å². The Bertz CT molecular complexity index is 826. The summed E-state index contributed by atoms with van der Waals surface area (Å²) in [5, 5.41) is 3.13. The Morgan fingerprint density at radius 3 is 2.62 bits per heavy atom. The molecule has 0 saturated heterocycles. The van der Waals surface area contributed by atoms with Gasteiger partial charge in [-0.15, -0.1) is 0 Å². The number of nitrogens with one attached hydrogen (secondary N) is 1. The average Bonchev–Trinajstić information content (AvgIpc) is 3.46. The minimum Gasteiger partial charge on any atom is -0.497 e. The normalized spacial score (nSPS) is 19.4. The highest BCUT2D eigenvalue weighted by atomic mass is 16.5. The monoisotopic (exact) mass is 351 g/mol. The zero-order chi connectivity index (χ0) is 18.1. The minimum atomic E-state index is -0.505. The molecule has 2 atom stereocenters. The number of hydrogen-bond acceptors (Lipinski definition) is 4. The van der Waals surface area contributed by atoms with Crippen LogP contribution < -0.4 is 10.1 Å². The molecular formula is C21H21NO4. The number of carbonyl (C=O) groups is 2. The first-order chi connectivity index (χ1) is 12.7. The number of amides is 1. The molecule has 5 nitrogen and oxygen atoms in total. The van der Waals surface area contributed by atoms with Crippen molar-refractivity contribution in [1.29, 1.82) is 0 Å². The lowest BCUT2D eigenvalue weighted by Crippen LogP contribution is -2.31. The first-order valence-corrected chi connectivity index (χ1v) is 8.89. The van der Waals surface area contributed by atoms with Gasteiger partial charge in [-0.25, -0.2) is 4.79 Å². The van der Waals surface area contributed by atoms with Crippen LogP contribution >= 0.6 is 0 Å². The van der Waals surface area contributed by atoms with Crippen molar-refractivity contribution in [3.8, 4) is 5.75 Å². The number of rotatable bonds is 6. The van der Waals surface area contributed by atoms with Crippen molar-refractivity contribution in [2.75, 3.05) is 7.11 Å². The molecule has 1 aliphatic heterocycles. The van der Waals surface area contributed by atoms with Crippen LogP contribution in [0.4, 0.5) is 0 Å². The number of benzene rings is 2. The van der Waals surface area contributed by atoms with Gasteiger partial charge < -0.3 is 14.8 Å². The van der Waals surface area contributed by atoms with Gasteiger partial charge in [0.1, 0.15) is 11.9 Å². The van der Waals surface area contributed by atoms with E-state index >= 15 is 0 Å². The third-order valence-corrected chi connectivity index (χ3v) is 5.03. The molecule has 0 spiro atoms. The third kappa shape index (κ3) is 3.29. The van der Waals surface area contributed by atoms with Gasteiger partial charge in [0, 0.05) is 5.56 Å². The van der Waals surface area contributed by atoms with Gasteiger partial charge in [-0.05, 0) is 42.5 Å². The highest BCUT2D eigenvalue weighted by Gasteiger charge is 2.36. The number of hydrogen-bond donors (Lipinski definition) is 1. The fraction of sp³-hybridized carbons (Fsp3) is 0.333. The molecule has 26 heavy (non-hydrogen) atoms. The second kappa shape index (κ2) is 6.83. The van der Waals surface area contributed by atoms with Gasteiger partial charge in [0.15, 0.2) is 0 Å². The Balaban J connectivity index is 1.45. The van der Waals surface area contributed by atoms with Crippen LogP contribution in [-0.4, -0.2) is 19.0 Å². The summed E-state index contributed by atoms with van der Waals surface area (Å²) in [6.45, 7) is 0. The predicted octanol–water partition coefficient (Wildman–Crippen LogP) is 3.56. The highest BCUT2D eigenvalue weighted by Crippen LogP contribution is 2.41. The molecule has 1 amide bonds. The third-order valence-electron chi connectivity index (χ3n) is 5.03. The molecule has 134 valence electrons. The molecule has 2 aromatic carbocycles. The first kappa shape index (κ1) is 16.6. The van der Waals surface area contributed by atoms with Crippen LogP contribution in [0, 0.1) is 5.92 Å². The molecule has 1 saturated carbocycles. The lowest BCUT2D eigenvalue weighted by molar-refractivity contribution is -0.123. The van der Waals surface area contributed by atoms with E-state index in [0.29, 0.717) is 11.5 Å². The van der Waals surface area contributed by atoms with Crippen LogP contribution in [0.5, 0.6) is 5.75 Å². The molecule has 1 fully saturated rings. The Morgan fingerprint density at radius 2 is 1.92 bits per heavy atom. The van der Waals surface area contributed by atoms with Crippen molar-refractivity contribution in [1.82, 2.24) is 5.32 Å². The SMILES string of the molecule is COc1ccc([C@H](NC(=O)C[C@H]2OC(=O)c3ccccc32)C2CC2)cc1. The topological polar surface area (TPSA) is 64.6 Å². The zero-order valence-electron chi connectivity index (χ0n) is 14.6. The lowest BCUT2D eigenvalue weighted by Gasteiger charge is -2.20. The molecule has 2 aliphatic rings. The maximum Gasteiger partial charge on any atom is 0.339 e. The van der Waals surface area contributed by atoms with Crippen molar-refractivity contribution in [2.24, 2.45) is 5.92 Å². The molecule has 0 unspecified atom stereocenters. The van der Waals surface area contributed by atoms with Gasteiger partial charge >= 0.3 is 5.97 Å². The number of methoxy groups -OCH3 is 1. The highest BCUT2D eigenvalue weighted by molar-refractivity contribution is 5.94. The summed E-state index contributed by atoms with van der Waals surface area (Å²) in [7, 11) is 1.63. The Labute approximate surface area is 152 Å². The predicted molar refractivity (Wildman–Crippen MR) is 95.8 cm³/mol. The van der Waals surface area contributed by atoms with E-state index in [1.165, 1.54) is 0 Å². The van der Waals surface area contributed by atoms with E-state index in [4.69, 9.17) is 9.47 Å². The molecular weight excluding hydrogens is 330 g/mol. The average molecular weight is 351 g/mol. The fourth-order valence-corrected chi connectivity index (χ4v) is 3.49. The van der Waals surface area contributed by atoms with Gasteiger partial charge in [-0.3, -0.25) is 4.79 Å². The Morgan fingerprint density at radius 1 is 1.19 bits per heavy atom. The van der Waals surface area contributed by atoms with E-state index < -0.39 is 6.10 Å². The number of carbonyl (C=O) groups excluding carboxylic acids is 2. The summed E-state index contributed by atoms with van der Waals surface area (Å²) in [6.07, 6.45) is 1.85. The number of fused-ring (bicyclic) bond motifs is 1. The van der Waals surface area contributed by atoms with Gasteiger partial charge in [-0.2, -0.15) is 0 Å². The summed E-state index contributed by atoms with van der Waals surface area (Å²) in [5.74, 6) is 0.800. The van der Waals surface area contributed by atoms with E-state index in [1.807, 2.05) is 36.4 Å². The summed E-state index contributed by atoms with van der Waals surface area (Å²) >= 11 is 0. The maximum absolute atomic E-state index is 12.6. The van der Waals surface area contributed by atoms with Crippen LogP contribution in [0.1, 0.15) is 52.9 Å². The van der Waals surface area contributed by atoms with Crippen LogP contribution in [0.25, 0.3) is 0 Å². The van der Waals surface area contributed by atoms with E-state index in [0.717, 1.165) is 29.7 Å². The Kier molecular flexibility index (Phi) is 4.37. The molecule has 2 aromatic rings. The molecule has 0 bridgehead atoms. The van der Waals surface area contributed by atoms with Gasteiger partial charge in [0.05, 0.1) is 25.1 Å². The smallest absolute Gasteiger partial charge is 0.339 e. The summed E-state index contributed by atoms with van der Waals surface area (Å²) < 4.78 is 10.6. The molecule has 0 radical (unpaired) electrons. The van der Waals surface area contributed by atoms with Gasteiger partial charge in [-0.1, -0.05) is 30.3 Å². The Hall–Kier alpha value is -2.82. The van der Waals surface area contributed by atoms with Crippen LogP contribution in [0.3, 0.4) is 0 Å². The van der Waals surface area contributed by atoms with Crippen LogP contribution in [0.15, 0.2) is 48.5 Å². The van der Waals surface area contributed by atoms with Crippen molar-refractivity contribution in [2.45, 2.75) is 31.4 Å². The number of ether oxygens (including phenoxy) is 2. The number of cyclic esters (lactones) is 1. The molecule has 5 heteroatoms. The van der Waals surface area contributed by atoms with E-state index in [-0.39, 0.29) is 24.3 Å². The summed E-state index contributed by atoms with van der Waals surface area (Å²) in [4.78, 5) is 24.5. The lowest BCUT2D eigenvalue weighted by atomic mass is 10.0. The standard InChI is InChI=1S/C21H21NO4/c1-25-15-10-8-14(9-11-15)20(13-6-7-13)22-19(23)12-18-16-4-2-3-5-17(16)21(24)26-18/h2-5,8-11,13,18,20H,6-7,12H2,1H3,(H,22,23)/t18-,20-/m1/s1. The summed E-state index contributed by atoms with van der Waals surface area (Å²) in [6, 6.07) is 15.0. The van der Waals surface area contributed by atoms with Gasteiger partial charge in [0.2, 0.25) is 5.91 Å². The second-order valence-corrected chi connectivity index (χ2v) is 6.84. The van der Waals surface area contributed by atoms with E-state index in [1.54, 1.807) is 19.2 Å². The minimum absolute atomic E-state index is 0.0132. The summed E-state index contributed by atoms with van der Waals surface area (Å²) in [5.41, 5.74) is 2.42. The van der Waals surface area contributed by atoms with E-state index in [2.05, 4.69) is 5.32 Å². The van der Waals surface area contributed by atoms with Crippen molar-refractivity contribution in [3.05, 3.63) is 65.2 Å². The zero-order valence-corrected chi connectivity index (χ0v) is 14.6. The second-order valence-electron chi connectivity index (χ2n) is 6.84. The molecule has 0 aromatic heterocycles. The largest absolute Gasteiger partial charge is 0.497 e. The molecule has 1 aliphatic carbocycles. The molecule has 4 rings (SSSR count).